The van der Waals surface area contributed by atoms with Crippen molar-refractivity contribution in [2.24, 2.45) is 0 Å². The number of aliphatic hydroxyl groups excluding tert-OH is 2. The lowest BCUT2D eigenvalue weighted by molar-refractivity contribution is -0.166. The summed E-state index contributed by atoms with van der Waals surface area (Å²) in [6.07, 6.45) is -2.54. The number of thiocarbonyl (C=S) groups is 1. The third-order valence-corrected chi connectivity index (χ3v) is 5.71. The number of aliphatic hydroxyl groups is 2. The van der Waals surface area contributed by atoms with Crippen molar-refractivity contribution in [2.45, 2.75) is 25.7 Å². The summed E-state index contributed by atoms with van der Waals surface area (Å²) in [6.45, 7) is 1.83. The van der Waals surface area contributed by atoms with Crippen LogP contribution in [0.2, 0.25) is 0 Å². The number of rotatable bonds is 8. The lowest BCUT2D eigenvalue weighted by atomic mass is 10.1. The third-order valence-electron chi connectivity index (χ3n) is 5.39. The van der Waals surface area contributed by atoms with Gasteiger partial charge in [-0.05, 0) is 19.1 Å². The molecule has 0 unspecified atom stereocenters. The zero-order valence-electron chi connectivity index (χ0n) is 19.6. The van der Waals surface area contributed by atoms with Crippen LogP contribution in [0.1, 0.15) is 12.6 Å². The Labute approximate surface area is 210 Å². The largest absolute Gasteiger partial charge is 0.474 e. The van der Waals surface area contributed by atoms with Crippen molar-refractivity contribution in [1.82, 2.24) is 25.2 Å². The Balaban J connectivity index is 1.64. The van der Waals surface area contributed by atoms with E-state index in [-0.39, 0.29) is 55.9 Å². The molecule has 2 atom stereocenters. The van der Waals surface area contributed by atoms with Crippen molar-refractivity contribution in [3.63, 3.8) is 0 Å². The van der Waals surface area contributed by atoms with Crippen molar-refractivity contribution >= 4 is 35.0 Å². The minimum atomic E-state index is -2.03. The molecular formula is C21H26F2N6O6S. The zero-order valence-corrected chi connectivity index (χ0v) is 20.4. The van der Waals surface area contributed by atoms with E-state index in [2.05, 4.69) is 20.4 Å². The monoisotopic (exact) mass is 528 g/mol. The number of hydrogen-bond acceptors (Lipinski definition) is 10. The molecule has 0 saturated carbocycles. The molecule has 15 heteroatoms. The second-order valence-electron chi connectivity index (χ2n) is 7.71. The first-order chi connectivity index (χ1) is 17.2. The van der Waals surface area contributed by atoms with Crippen LogP contribution in [0.5, 0.6) is 0 Å². The Kier molecular flexibility index (Phi) is 9.06. The van der Waals surface area contributed by atoms with Crippen LogP contribution in [0.3, 0.4) is 0 Å². The van der Waals surface area contributed by atoms with Crippen molar-refractivity contribution in [3.05, 3.63) is 35.7 Å². The molecule has 1 aliphatic rings. The number of halogens is 2. The molecule has 0 bridgehead atoms. The van der Waals surface area contributed by atoms with Crippen LogP contribution in [-0.4, -0.2) is 99.3 Å². The highest BCUT2D eigenvalue weighted by Crippen LogP contribution is 2.27. The number of carbonyl (C=O) groups is 2. The van der Waals surface area contributed by atoms with E-state index in [1.54, 1.807) is 0 Å². The number of nitrogens with zero attached hydrogens (tertiary/aromatic N) is 5. The number of esters is 1. The minimum Gasteiger partial charge on any atom is -0.474 e. The standard InChI is InChI=1S/C21H26F2N6O6S/c1-3-35-20(33)18(31)17(30)19(32)28-6-4-27(5-7-28)16-14(22)8-13(9-15(16)23)29-11-12(25-26-29)10-24-21(36)34-2/h8-9,11,17-18,30-31H,3-7,10H2,1-2H3,(H,24,36)/t17-,18-/m1/s1. The minimum absolute atomic E-state index is 0.00877. The molecular weight excluding hydrogens is 502 g/mol. The molecule has 196 valence electrons. The smallest absolute Gasteiger partial charge is 0.338 e. The van der Waals surface area contributed by atoms with Gasteiger partial charge in [-0.15, -0.1) is 5.10 Å². The summed E-state index contributed by atoms with van der Waals surface area (Å²) in [7, 11) is 1.41. The van der Waals surface area contributed by atoms with Gasteiger partial charge in [0.1, 0.15) is 11.4 Å². The molecule has 1 aromatic heterocycles. The number of amides is 1. The van der Waals surface area contributed by atoms with Gasteiger partial charge in [0, 0.05) is 38.3 Å². The summed E-state index contributed by atoms with van der Waals surface area (Å²) in [5.41, 5.74) is 0.312. The number of nitrogens with one attached hydrogen (secondary N) is 1. The van der Waals surface area contributed by atoms with Crippen LogP contribution in [0.4, 0.5) is 14.5 Å². The van der Waals surface area contributed by atoms with Gasteiger partial charge in [-0.25, -0.2) is 18.3 Å². The first-order valence-electron chi connectivity index (χ1n) is 10.9. The van der Waals surface area contributed by atoms with E-state index in [9.17, 15) is 28.6 Å². The van der Waals surface area contributed by atoms with Gasteiger partial charge >= 0.3 is 5.97 Å². The Morgan fingerprint density at radius 2 is 1.81 bits per heavy atom. The average molecular weight is 529 g/mol. The van der Waals surface area contributed by atoms with Crippen molar-refractivity contribution < 1.29 is 38.1 Å². The topological polar surface area (TPSA) is 142 Å². The predicted octanol–water partition coefficient (Wildman–Crippen LogP) is -0.500. The molecule has 1 saturated heterocycles. The average Bonchev–Trinajstić information content (AvgIpc) is 3.35. The lowest BCUT2D eigenvalue weighted by Crippen LogP contribution is -2.55. The van der Waals surface area contributed by atoms with E-state index < -0.39 is 35.7 Å². The van der Waals surface area contributed by atoms with Crippen molar-refractivity contribution in [1.29, 1.82) is 0 Å². The normalized spacial score (nSPS) is 15.3. The third kappa shape index (κ3) is 6.22. The molecule has 3 N–H and O–H groups in total. The predicted molar refractivity (Wildman–Crippen MR) is 125 cm³/mol. The molecule has 0 aliphatic carbocycles. The molecule has 2 aromatic rings. The second kappa shape index (κ2) is 12.0. The lowest BCUT2D eigenvalue weighted by Gasteiger charge is -2.37. The number of carbonyl (C=O) groups excluding carboxylic acids is 2. The second-order valence-corrected chi connectivity index (χ2v) is 8.08. The molecule has 1 aromatic carbocycles. The summed E-state index contributed by atoms with van der Waals surface area (Å²) in [5, 5.41) is 30.6. The van der Waals surface area contributed by atoms with Crippen LogP contribution in [0, 0.1) is 11.6 Å². The van der Waals surface area contributed by atoms with Crippen LogP contribution in [-0.2, 0) is 25.6 Å². The summed E-state index contributed by atoms with van der Waals surface area (Å²) >= 11 is 4.87. The van der Waals surface area contributed by atoms with E-state index >= 15 is 0 Å². The van der Waals surface area contributed by atoms with Gasteiger partial charge < -0.3 is 34.8 Å². The molecule has 2 heterocycles. The molecule has 36 heavy (non-hydrogen) atoms. The Morgan fingerprint density at radius 1 is 1.17 bits per heavy atom. The SMILES string of the molecule is CCOC(=O)[C@H](O)[C@@H](O)C(=O)N1CCN(c2c(F)cc(-n3cc(CNC(=S)OC)nn3)cc2F)CC1. The first-order valence-corrected chi connectivity index (χ1v) is 11.4. The zero-order chi connectivity index (χ0) is 26.4. The number of piperazine rings is 1. The maximum Gasteiger partial charge on any atom is 0.338 e. The highest BCUT2D eigenvalue weighted by molar-refractivity contribution is 7.80. The van der Waals surface area contributed by atoms with Gasteiger partial charge in [0.2, 0.25) is 0 Å². The number of ether oxygens (including phenoxy) is 2. The van der Waals surface area contributed by atoms with E-state index in [1.165, 1.54) is 34.7 Å². The van der Waals surface area contributed by atoms with Crippen LogP contribution in [0.15, 0.2) is 18.3 Å². The maximum atomic E-state index is 14.9. The van der Waals surface area contributed by atoms with E-state index in [4.69, 9.17) is 17.0 Å². The van der Waals surface area contributed by atoms with Gasteiger partial charge in [-0.1, -0.05) is 5.21 Å². The van der Waals surface area contributed by atoms with Crippen molar-refractivity contribution in [2.75, 3.05) is 44.8 Å². The summed E-state index contributed by atoms with van der Waals surface area (Å²) in [5.74, 6) is -3.67. The fraction of sp³-hybridized carbons (Fsp3) is 0.476. The quantitative estimate of drug-likeness (QED) is 0.302. The van der Waals surface area contributed by atoms with Gasteiger partial charge in [0.05, 0.1) is 32.1 Å². The molecule has 0 spiro atoms. The van der Waals surface area contributed by atoms with Gasteiger partial charge in [-0.2, -0.15) is 0 Å². The molecule has 1 fully saturated rings. The number of aromatic nitrogens is 3. The van der Waals surface area contributed by atoms with E-state index in [1.807, 2.05) is 0 Å². The van der Waals surface area contributed by atoms with Gasteiger partial charge in [0.15, 0.2) is 23.8 Å². The van der Waals surface area contributed by atoms with E-state index in [0.717, 1.165) is 12.1 Å². The Bertz CT molecular complexity index is 1090. The first kappa shape index (κ1) is 27.2. The molecule has 1 aliphatic heterocycles. The van der Waals surface area contributed by atoms with E-state index in [0.29, 0.717) is 5.69 Å². The molecule has 1 amide bonds. The van der Waals surface area contributed by atoms with Crippen LogP contribution < -0.4 is 10.2 Å². The van der Waals surface area contributed by atoms with Crippen LogP contribution in [0.25, 0.3) is 5.69 Å². The van der Waals surface area contributed by atoms with Gasteiger partial charge in [-0.3, -0.25) is 4.79 Å². The fourth-order valence-corrected chi connectivity index (χ4v) is 3.63. The summed E-state index contributed by atoms with van der Waals surface area (Å²) in [6, 6.07) is 2.22. The van der Waals surface area contributed by atoms with Crippen LogP contribution >= 0.6 is 12.2 Å². The molecule has 3 rings (SSSR count). The maximum absolute atomic E-state index is 14.9. The number of hydrogen-bond donors (Lipinski definition) is 3. The highest BCUT2D eigenvalue weighted by atomic mass is 32.1. The number of benzene rings is 1. The number of anilines is 1. The Hall–Kier alpha value is -3.43. The fourth-order valence-electron chi connectivity index (χ4n) is 3.56. The molecule has 0 radical (unpaired) electrons. The van der Waals surface area contributed by atoms with Gasteiger partial charge in [0.25, 0.3) is 11.1 Å². The Morgan fingerprint density at radius 3 is 2.39 bits per heavy atom. The number of methoxy groups -OCH3 is 1. The molecule has 12 nitrogen and oxygen atoms in total. The highest BCUT2D eigenvalue weighted by Gasteiger charge is 2.36. The summed E-state index contributed by atoms with van der Waals surface area (Å²) in [4.78, 5) is 26.6. The summed E-state index contributed by atoms with van der Waals surface area (Å²) < 4.78 is 40.5. The van der Waals surface area contributed by atoms with Crippen molar-refractivity contribution in [3.8, 4) is 5.69 Å².